The number of aliphatic carboxylic acids is 2. The molecule has 0 spiro atoms. The molecule has 1 aromatic carbocycles. The lowest BCUT2D eigenvalue weighted by Crippen LogP contribution is -2.16. The van der Waals surface area contributed by atoms with Crippen molar-refractivity contribution in [1.82, 2.24) is 0 Å². The lowest BCUT2D eigenvalue weighted by molar-refractivity contribution is -0.145. The van der Waals surface area contributed by atoms with Crippen LogP contribution in [0.1, 0.15) is 17.9 Å². The van der Waals surface area contributed by atoms with E-state index in [1.54, 1.807) is 6.07 Å². The number of halogens is 1. The Morgan fingerprint density at radius 2 is 1.94 bits per heavy atom. The van der Waals surface area contributed by atoms with Crippen molar-refractivity contribution in [2.75, 3.05) is 0 Å². The standard InChI is InChI=1S/C10H9BrO5/c11-6-2-1-3-7(12)9(6)5(10(15)16)4-8(13)14/h1-3,5,12H,4H2,(H,13,14)(H,15,16). The van der Waals surface area contributed by atoms with Crippen LogP contribution in [0.2, 0.25) is 0 Å². The van der Waals surface area contributed by atoms with Gasteiger partial charge in [-0.05, 0) is 12.1 Å². The summed E-state index contributed by atoms with van der Waals surface area (Å²) in [6.07, 6.45) is -0.578. The number of rotatable bonds is 4. The SMILES string of the molecule is O=C(O)CC(C(=O)O)c1c(O)cccc1Br. The highest BCUT2D eigenvalue weighted by molar-refractivity contribution is 9.10. The minimum absolute atomic E-state index is 0.0809. The average Bonchev–Trinajstić information content (AvgIpc) is 2.15. The summed E-state index contributed by atoms with van der Waals surface area (Å²) >= 11 is 3.09. The van der Waals surface area contributed by atoms with Gasteiger partial charge in [0.1, 0.15) is 5.75 Å². The molecule has 0 amide bonds. The maximum atomic E-state index is 10.9. The van der Waals surface area contributed by atoms with E-state index >= 15 is 0 Å². The average molecular weight is 289 g/mol. The molecule has 0 fully saturated rings. The van der Waals surface area contributed by atoms with Gasteiger partial charge in [0.15, 0.2) is 0 Å². The van der Waals surface area contributed by atoms with Gasteiger partial charge in [0.2, 0.25) is 0 Å². The molecule has 0 radical (unpaired) electrons. The van der Waals surface area contributed by atoms with Gasteiger partial charge in [-0.25, -0.2) is 0 Å². The highest BCUT2D eigenvalue weighted by atomic mass is 79.9. The minimum Gasteiger partial charge on any atom is -0.508 e. The van der Waals surface area contributed by atoms with Crippen LogP contribution in [-0.2, 0) is 9.59 Å². The summed E-state index contributed by atoms with van der Waals surface area (Å²) in [5, 5.41) is 27.1. The fourth-order valence-corrected chi connectivity index (χ4v) is 1.99. The maximum absolute atomic E-state index is 10.9. The zero-order valence-corrected chi connectivity index (χ0v) is 9.64. The van der Waals surface area contributed by atoms with E-state index in [-0.39, 0.29) is 11.3 Å². The number of benzene rings is 1. The minimum atomic E-state index is -1.29. The molecule has 0 aromatic heterocycles. The van der Waals surface area contributed by atoms with E-state index < -0.39 is 24.3 Å². The molecule has 86 valence electrons. The molecule has 6 heteroatoms. The third-order valence-corrected chi connectivity index (χ3v) is 2.75. The van der Waals surface area contributed by atoms with Crippen LogP contribution in [0.3, 0.4) is 0 Å². The van der Waals surface area contributed by atoms with Crippen molar-refractivity contribution in [3.8, 4) is 5.75 Å². The summed E-state index contributed by atoms with van der Waals surface area (Å²) in [5.41, 5.74) is 0.0809. The van der Waals surface area contributed by atoms with Crippen molar-refractivity contribution in [3.05, 3.63) is 28.2 Å². The second-order valence-electron chi connectivity index (χ2n) is 3.16. The molecule has 0 aliphatic heterocycles. The highest BCUT2D eigenvalue weighted by Crippen LogP contribution is 2.34. The van der Waals surface area contributed by atoms with E-state index in [1.165, 1.54) is 12.1 Å². The molecular weight excluding hydrogens is 280 g/mol. The Hall–Kier alpha value is -1.56. The molecule has 5 nitrogen and oxygen atoms in total. The Morgan fingerprint density at radius 3 is 2.38 bits per heavy atom. The normalized spacial score (nSPS) is 12.1. The van der Waals surface area contributed by atoms with Gasteiger partial charge in [0, 0.05) is 10.0 Å². The van der Waals surface area contributed by atoms with Gasteiger partial charge < -0.3 is 15.3 Å². The van der Waals surface area contributed by atoms with Gasteiger partial charge in [-0.3, -0.25) is 9.59 Å². The number of carbonyl (C=O) groups is 2. The Balaban J connectivity index is 3.20. The summed E-state index contributed by atoms with van der Waals surface area (Å²) in [6, 6.07) is 4.40. The van der Waals surface area contributed by atoms with Crippen LogP contribution in [0.15, 0.2) is 22.7 Å². The quantitative estimate of drug-likeness (QED) is 0.785. The molecule has 0 saturated carbocycles. The van der Waals surface area contributed by atoms with Gasteiger partial charge in [0.05, 0.1) is 12.3 Å². The third kappa shape index (κ3) is 2.73. The van der Waals surface area contributed by atoms with Gasteiger partial charge in [-0.2, -0.15) is 0 Å². The number of hydrogen-bond donors (Lipinski definition) is 3. The molecule has 0 bridgehead atoms. The summed E-state index contributed by atoms with van der Waals surface area (Å²) in [7, 11) is 0. The molecule has 0 heterocycles. The van der Waals surface area contributed by atoms with Crippen LogP contribution in [0, 0.1) is 0 Å². The van der Waals surface area contributed by atoms with Crippen LogP contribution in [-0.4, -0.2) is 27.3 Å². The van der Waals surface area contributed by atoms with Crippen molar-refractivity contribution in [2.45, 2.75) is 12.3 Å². The molecule has 1 unspecified atom stereocenters. The first-order valence-corrected chi connectivity index (χ1v) is 5.14. The van der Waals surface area contributed by atoms with E-state index in [0.29, 0.717) is 4.47 Å². The predicted octanol–water partition coefficient (Wildman–Crippen LogP) is 1.80. The lowest BCUT2D eigenvalue weighted by atomic mass is 9.95. The first-order chi connectivity index (χ1) is 7.43. The molecule has 1 rings (SSSR count). The number of hydrogen-bond acceptors (Lipinski definition) is 3. The third-order valence-electron chi connectivity index (χ3n) is 2.06. The number of carboxylic acids is 2. The molecule has 1 aromatic rings. The van der Waals surface area contributed by atoms with E-state index in [4.69, 9.17) is 10.2 Å². The second-order valence-corrected chi connectivity index (χ2v) is 4.02. The number of carboxylic acid groups (broad SMARTS) is 2. The molecule has 0 aliphatic carbocycles. The van der Waals surface area contributed by atoms with E-state index in [2.05, 4.69) is 15.9 Å². The monoisotopic (exact) mass is 288 g/mol. The topological polar surface area (TPSA) is 94.8 Å². The summed E-state index contributed by atoms with van der Waals surface area (Å²) in [6.45, 7) is 0. The van der Waals surface area contributed by atoms with Gasteiger partial charge >= 0.3 is 11.9 Å². The van der Waals surface area contributed by atoms with Crippen molar-refractivity contribution >= 4 is 27.9 Å². The Kier molecular flexibility index (Phi) is 3.89. The lowest BCUT2D eigenvalue weighted by Gasteiger charge is -2.13. The van der Waals surface area contributed by atoms with Crippen LogP contribution in [0.4, 0.5) is 0 Å². The van der Waals surface area contributed by atoms with E-state index in [1.807, 2.05) is 0 Å². The van der Waals surface area contributed by atoms with Gasteiger partial charge in [-0.15, -0.1) is 0 Å². The first kappa shape index (κ1) is 12.5. The van der Waals surface area contributed by atoms with Crippen LogP contribution in [0.25, 0.3) is 0 Å². The van der Waals surface area contributed by atoms with E-state index in [0.717, 1.165) is 0 Å². The Labute approximate surface area is 99.5 Å². The van der Waals surface area contributed by atoms with Crippen molar-refractivity contribution in [1.29, 1.82) is 0 Å². The molecule has 0 saturated heterocycles. The molecule has 16 heavy (non-hydrogen) atoms. The number of phenolic OH excluding ortho intramolecular Hbond substituents is 1. The fraction of sp³-hybridized carbons (Fsp3) is 0.200. The summed E-state index contributed by atoms with van der Waals surface area (Å²) in [4.78, 5) is 21.5. The Morgan fingerprint density at radius 1 is 1.31 bits per heavy atom. The van der Waals surface area contributed by atoms with Crippen LogP contribution >= 0.6 is 15.9 Å². The maximum Gasteiger partial charge on any atom is 0.311 e. The highest BCUT2D eigenvalue weighted by Gasteiger charge is 2.27. The number of aromatic hydroxyl groups is 1. The largest absolute Gasteiger partial charge is 0.508 e. The second kappa shape index (κ2) is 4.98. The molecule has 0 aliphatic rings. The van der Waals surface area contributed by atoms with E-state index in [9.17, 15) is 14.7 Å². The van der Waals surface area contributed by atoms with Crippen molar-refractivity contribution < 1.29 is 24.9 Å². The Bertz CT molecular complexity index is 409. The molecule has 1 atom stereocenters. The zero-order chi connectivity index (χ0) is 12.3. The van der Waals surface area contributed by atoms with Gasteiger partial charge in [-0.1, -0.05) is 22.0 Å². The van der Waals surface area contributed by atoms with Crippen molar-refractivity contribution in [2.24, 2.45) is 0 Å². The molecular formula is C10H9BrO5. The first-order valence-electron chi connectivity index (χ1n) is 4.35. The van der Waals surface area contributed by atoms with Crippen LogP contribution in [0.5, 0.6) is 5.75 Å². The summed E-state index contributed by atoms with van der Waals surface area (Å²) in [5.74, 6) is -4.02. The smallest absolute Gasteiger partial charge is 0.311 e. The number of phenols is 1. The molecule has 3 N–H and O–H groups in total. The van der Waals surface area contributed by atoms with Gasteiger partial charge in [0.25, 0.3) is 0 Å². The summed E-state index contributed by atoms with van der Waals surface area (Å²) < 4.78 is 0.376. The van der Waals surface area contributed by atoms with Crippen molar-refractivity contribution in [3.63, 3.8) is 0 Å². The fourth-order valence-electron chi connectivity index (χ4n) is 1.36. The predicted molar refractivity (Wildman–Crippen MR) is 58.4 cm³/mol. The zero-order valence-electron chi connectivity index (χ0n) is 8.05. The van der Waals surface area contributed by atoms with Crippen LogP contribution < -0.4 is 0 Å².